The molecule has 84 valence electrons. The van der Waals surface area contributed by atoms with E-state index in [2.05, 4.69) is 4.98 Å². The summed E-state index contributed by atoms with van der Waals surface area (Å²) in [4.78, 5) is 24.7. The zero-order chi connectivity index (χ0) is 11.3. The van der Waals surface area contributed by atoms with Gasteiger partial charge in [0.1, 0.15) is 0 Å². The third-order valence-corrected chi connectivity index (χ3v) is 2.49. The van der Waals surface area contributed by atoms with E-state index >= 15 is 0 Å². The summed E-state index contributed by atoms with van der Waals surface area (Å²) in [5.41, 5.74) is -0.0829. The predicted molar refractivity (Wildman–Crippen MR) is 60.6 cm³/mol. The second-order valence-corrected chi connectivity index (χ2v) is 3.89. The smallest absolute Gasteiger partial charge is 0.300 e. The minimum atomic E-state index is -0.337. The Morgan fingerprint density at radius 1 is 1.33 bits per heavy atom. The first-order chi connectivity index (χ1) is 7.15. The van der Waals surface area contributed by atoms with Crippen LogP contribution in [-0.2, 0) is 6.54 Å². The molecule has 1 aromatic rings. The first kappa shape index (κ1) is 12.0. The van der Waals surface area contributed by atoms with Gasteiger partial charge in [-0.2, -0.15) is 0 Å². The number of aryl methyl sites for hydroxylation is 2. The van der Waals surface area contributed by atoms with E-state index in [9.17, 15) is 9.59 Å². The molecule has 1 rings (SSSR count). The van der Waals surface area contributed by atoms with Gasteiger partial charge in [-0.05, 0) is 19.8 Å². The number of nitrogens with one attached hydrogen (secondary N) is 1. The maximum atomic E-state index is 11.3. The molecule has 0 aliphatic heterocycles. The van der Waals surface area contributed by atoms with Crippen molar-refractivity contribution < 1.29 is 0 Å². The van der Waals surface area contributed by atoms with Crippen LogP contribution >= 0.6 is 11.6 Å². The van der Waals surface area contributed by atoms with Crippen molar-refractivity contribution in [3.63, 3.8) is 0 Å². The van der Waals surface area contributed by atoms with E-state index in [0.717, 1.165) is 19.3 Å². The number of H-pyrrole nitrogens is 1. The summed E-state index contributed by atoms with van der Waals surface area (Å²) in [7, 11) is 0. The average molecular weight is 231 g/mol. The van der Waals surface area contributed by atoms with Crippen molar-refractivity contribution in [1.82, 2.24) is 9.55 Å². The topological polar surface area (TPSA) is 54.9 Å². The van der Waals surface area contributed by atoms with Gasteiger partial charge in [0.05, 0.1) is 0 Å². The number of aromatic amines is 1. The zero-order valence-corrected chi connectivity index (χ0v) is 9.51. The zero-order valence-electron chi connectivity index (χ0n) is 8.75. The largest absolute Gasteiger partial charge is 0.328 e. The van der Waals surface area contributed by atoms with E-state index in [1.165, 1.54) is 4.57 Å². The molecule has 0 aliphatic rings. The van der Waals surface area contributed by atoms with E-state index in [1.54, 1.807) is 13.1 Å². The van der Waals surface area contributed by atoms with Crippen LogP contribution in [0.15, 0.2) is 15.8 Å². The van der Waals surface area contributed by atoms with Crippen LogP contribution in [0, 0.1) is 6.92 Å². The maximum absolute atomic E-state index is 11.3. The standard InChI is InChI=1S/C10H15ClN2O2/c1-8-7-13(6-4-2-3-5-11)10(15)12-9(8)14/h7H,2-6H2,1H3,(H,12,14,15). The van der Waals surface area contributed by atoms with E-state index in [4.69, 9.17) is 11.6 Å². The fourth-order valence-electron chi connectivity index (χ4n) is 1.34. The van der Waals surface area contributed by atoms with Crippen LogP contribution in [0.25, 0.3) is 0 Å². The maximum Gasteiger partial charge on any atom is 0.328 e. The molecule has 0 atom stereocenters. The lowest BCUT2D eigenvalue weighted by molar-refractivity contribution is 0.573. The second kappa shape index (κ2) is 5.75. The molecular weight excluding hydrogens is 216 g/mol. The molecule has 0 fully saturated rings. The third kappa shape index (κ3) is 3.55. The second-order valence-electron chi connectivity index (χ2n) is 3.51. The molecule has 0 spiro atoms. The minimum absolute atomic E-state index is 0.308. The van der Waals surface area contributed by atoms with E-state index < -0.39 is 0 Å². The molecule has 15 heavy (non-hydrogen) atoms. The Labute approximate surface area is 92.9 Å². The van der Waals surface area contributed by atoms with Crippen LogP contribution < -0.4 is 11.2 Å². The molecule has 0 aromatic carbocycles. The number of nitrogens with zero attached hydrogens (tertiary/aromatic N) is 1. The van der Waals surface area contributed by atoms with Gasteiger partial charge in [0.2, 0.25) is 0 Å². The summed E-state index contributed by atoms with van der Waals surface area (Å²) in [5, 5.41) is 0. The number of hydrogen-bond donors (Lipinski definition) is 1. The van der Waals surface area contributed by atoms with Gasteiger partial charge in [-0.25, -0.2) is 4.79 Å². The van der Waals surface area contributed by atoms with Crippen LogP contribution in [0.3, 0.4) is 0 Å². The summed E-state index contributed by atoms with van der Waals surface area (Å²) in [6, 6.07) is 0. The van der Waals surface area contributed by atoms with Gasteiger partial charge < -0.3 is 4.57 Å². The lowest BCUT2D eigenvalue weighted by Gasteiger charge is -2.04. The van der Waals surface area contributed by atoms with Gasteiger partial charge in [-0.3, -0.25) is 9.78 Å². The SMILES string of the molecule is Cc1cn(CCCCCCl)c(=O)[nH]c1=O. The van der Waals surface area contributed by atoms with E-state index in [1.807, 2.05) is 0 Å². The first-order valence-corrected chi connectivity index (χ1v) is 5.55. The molecule has 1 aromatic heterocycles. The highest BCUT2D eigenvalue weighted by molar-refractivity contribution is 6.17. The monoisotopic (exact) mass is 230 g/mol. The number of alkyl halides is 1. The Bertz CT molecular complexity index is 422. The summed E-state index contributed by atoms with van der Waals surface area (Å²) >= 11 is 5.54. The Kier molecular flexibility index (Phi) is 4.62. The van der Waals surface area contributed by atoms with E-state index in [0.29, 0.717) is 18.0 Å². The van der Waals surface area contributed by atoms with Crippen molar-refractivity contribution in [1.29, 1.82) is 0 Å². The lowest BCUT2D eigenvalue weighted by Crippen LogP contribution is -2.30. The van der Waals surface area contributed by atoms with Crippen molar-refractivity contribution in [3.8, 4) is 0 Å². The number of hydrogen-bond acceptors (Lipinski definition) is 2. The first-order valence-electron chi connectivity index (χ1n) is 5.01. The number of aromatic nitrogens is 2. The molecule has 1 N–H and O–H groups in total. The van der Waals surface area contributed by atoms with Crippen molar-refractivity contribution in [2.75, 3.05) is 5.88 Å². The lowest BCUT2D eigenvalue weighted by atomic mass is 10.2. The molecule has 0 bridgehead atoms. The highest BCUT2D eigenvalue weighted by Gasteiger charge is 1.99. The minimum Gasteiger partial charge on any atom is -0.300 e. The van der Waals surface area contributed by atoms with Crippen molar-refractivity contribution in [3.05, 3.63) is 32.6 Å². The third-order valence-electron chi connectivity index (χ3n) is 2.22. The van der Waals surface area contributed by atoms with Gasteiger partial charge in [0.25, 0.3) is 5.56 Å². The van der Waals surface area contributed by atoms with Gasteiger partial charge in [0.15, 0.2) is 0 Å². The molecule has 1 heterocycles. The van der Waals surface area contributed by atoms with E-state index in [-0.39, 0.29) is 11.2 Å². The van der Waals surface area contributed by atoms with Gasteiger partial charge in [-0.1, -0.05) is 6.42 Å². The van der Waals surface area contributed by atoms with Crippen molar-refractivity contribution in [2.45, 2.75) is 32.7 Å². The summed E-state index contributed by atoms with van der Waals surface area (Å²) in [6.45, 7) is 2.32. The number of rotatable bonds is 5. The number of unbranched alkanes of at least 4 members (excludes halogenated alkanes) is 2. The quantitative estimate of drug-likeness (QED) is 0.612. The summed E-state index contributed by atoms with van der Waals surface area (Å²) in [6.07, 6.45) is 4.45. The van der Waals surface area contributed by atoms with Crippen molar-refractivity contribution >= 4 is 11.6 Å². The molecule has 0 amide bonds. The Morgan fingerprint density at radius 2 is 2.07 bits per heavy atom. The van der Waals surface area contributed by atoms with Crippen LogP contribution in [-0.4, -0.2) is 15.4 Å². The Morgan fingerprint density at radius 3 is 2.73 bits per heavy atom. The molecule has 0 saturated heterocycles. The molecule has 0 saturated carbocycles. The van der Waals surface area contributed by atoms with Gasteiger partial charge in [0, 0.05) is 24.2 Å². The van der Waals surface area contributed by atoms with Crippen LogP contribution in [0.5, 0.6) is 0 Å². The number of halogens is 1. The van der Waals surface area contributed by atoms with Crippen LogP contribution in [0.1, 0.15) is 24.8 Å². The van der Waals surface area contributed by atoms with Gasteiger partial charge >= 0.3 is 5.69 Å². The predicted octanol–water partition coefficient (Wildman–Crippen LogP) is 1.25. The Balaban J connectivity index is 2.66. The Hall–Kier alpha value is -1.03. The molecule has 4 nitrogen and oxygen atoms in total. The van der Waals surface area contributed by atoms with Gasteiger partial charge in [-0.15, -0.1) is 11.6 Å². The normalized spacial score (nSPS) is 10.5. The average Bonchev–Trinajstić information content (AvgIpc) is 2.20. The summed E-state index contributed by atoms with van der Waals surface area (Å²) in [5.74, 6) is 0.652. The highest BCUT2D eigenvalue weighted by atomic mass is 35.5. The molecule has 0 unspecified atom stereocenters. The molecule has 0 aliphatic carbocycles. The molecule has 0 radical (unpaired) electrons. The fourth-order valence-corrected chi connectivity index (χ4v) is 1.53. The fraction of sp³-hybridized carbons (Fsp3) is 0.600. The summed E-state index contributed by atoms with van der Waals surface area (Å²) < 4.78 is 1.53. The van der Waals surface area contributed by atoms with Crippen molar-refractivity contribution in [2.24, 2.45) is 0 Å². The van der Waals surface area contributed by atoms with Crippen LogP contribution in [0.4, 0.5) is 0 Å². The van der Waals surface area contributed by atoms with Crippen LogP contribution in [0.2, 0.25) is 0 Å². The molecular formula is C10H15ClN2O2. The molecule has 5 heteroatoms. The highest BCUT2D eigenvalue weighted by Crippen LogP contribution is 1.98.